The summed E-state index contributed by atoms with van der Waals surface area (Å²) < 4.78 is 115. The van der Waals surface area contributed by atoms with Gasteiger partial charge >= 0.3 is 20.1 Å². The van der Waals surface area contributed by atoms with Crippen molar-refractivity contribution >= 4 is 23.5 Å². The van der Waals surface area contributed by atoms with E-state index in [9.17, 15) is 44.6 Å². The van der Waals surface area contributed by atoms with Gasteiger partial charge in [-0.1, -0.05) is 30.3 Å². The van der Waals surface area contributed by atoms with E-state index < -0.39 is 47.8 Å². The van der Waals surface area contributed by atoms with Crippen molar-refractivity contribution in [3.63, 3.8) is 0 Å². The van der Waals surface area contributed by atoms with E-state index in [1.54, 1.807) is 6.07 Å². The predicted octanol–water partition coefficient (Wildman–Crippen LogP) is 4.85. The molecule has 0 bridgehead atoms. The molecule has 0 aliphatic rings. The summed E-state index contributed by atoms with van der Waals surface area (Å²) in [6, 6.07) is 15.5. The highest BCUT2D eigenvalue weighted by atomic mass is 32.2. The average Bonchev–Trinajstić information content (AvgIpc) is 2.93. The number of hydrogen-bond donors (Lipinski definition) is 3. The highest BCUT2D eigenvalue weighted by Gasteiger charge is 2.34. The summed E-state index contributed by atoms with van der Waals surface area (Å²) in [4.78, 5) is 22.1. The van der Waals surface area contributed by atoms with Crippen molar-refractivity contribution in [2.75, 3.05) is 13.2 Å². The van der Waals surface area contributed by atoms with Crippen LogP contribution in [0.25, 0.3) is 0 Å². The molecule has 0 saturated carbocycles. The van der Waals surface area contributed by atoms with Crippen LogP contribution in [-0.2, 0) is 25.8 Å². The summed E-state index contributed by atoms with van der Waals surface area (Å²) >= 11 is 0. The maximum Gasteiger partial charge on any atom is 0.573 e. The highest BCUT2D eigenvalue weighted by molar-refractivity contribution is 7.89. The van der Waals surface area contributed by atoms with E-state index in [1.165, 1.54) is 48.5 Å². The molecule has 0 fully saturated rings. The van der Waals surface area contributed by atoms with Crippen molar-refractivity contribution < 1.29 is 58.6 Å². The van der Waals surface area contributed by atoms with E-state index in [0.717, 1.165) is 24.3 Å². The van der Waals surface area contributed by atoms with Crippen molar-refractivity contribution in [1.82, 2.24) is 10.0 Å². The molecule has 1 amide bonds. The van der Waals surface area contributed by atoms with Gasteiger partial charge in [0.1, 0.15) is 23.3 Å². The number of ether oxygens (including phenoxy) is 2. The summed E-state index contributed by atoms with van der Waals surface area (Å²) in [5.74, 6) is -1.19. The van der Waals surface area contributed by atoms with Crippen LogP contribution in [0.4, 0.5) is 22.0 Å². The van der Waals surface area contributed by atoms with Gasteiger partial charge in [-0.3, -0.25) is 4.79 Å². The van der Waals surface area contributed by atoms with Crippen LogP contribution < -0.4 is 24.0 Å². The van der Waals surface area contributed by atoms with Gasteiger partial charge in [0.05, 0.1) is 11.5 Å². The SMILES string of the molecule is O=C(NCCCOc1ccc(OC(F)(F)F)cc1)[C@H](Cc1ccc(OP(=O)(O)C(F)F)cc1)NS(=O)(=O)c1ccccc1. The Morgan fingerprint density at radius 3 is 2.07 bits per heavy atom. The Labute approximate surface area is 243 Å². The molecule has 0 radical (unpaired) electrons. The van der Waals surface area contributed by atoms with E-state index in [-0.39, 0.29) is 42.4 Å². The molecule has 0 saturated heterocycles. The molecule has 0 aliphatic carbocycles. The molecule has 17 heteroatoms. The van der Waals surface area contributed by atoms with Crippen LogP contribution in [0, 0.1) is 0 Å². The Kier molecular flexibility index (Phi) is 11.5. The predicted molar refractivity (Wildman–Crippen MR) is 143 cm³/mol. The molecule has 3 rings (SSSR count). The monoisotopic (exact) mass is 652 g/mol. The zero-order chi connectivity index (χ0) is 31.7. The Morgan fingerprint density at radius 2 is 1.49 bits per heavy atom. The molecule has 3 N–H and O–H groups in total. The van der Waals surface area contributed by atoms with Crippen molar-refractivity contribution in [3.8, 4) is 17.2 Å². The number of amides is 1. The number of halogens is 5. The minimum atomic E-state index is -5.20. The Bertz CT molecular complexity index is 1490. The zero-order valence-corrected chi connectivity index (χ0v) is 23.7. The molecule has 2 atom stereocenters. The first-order valence-corrected chi connectivity index (χ1v) is 15.5. The number of benzene rings is 3. The molecule has 3 aromatic rings. The number of sulfonamides is 1. The summed E-state index contributed by atoms with van der Waals surface area (Å²) in [5, 5.41) is 2.58. The zero-order valence-electron chi connectivity index (χ0n) is 22.0. The topological polar surface area (TPSA) is 140 Å². The molecule has 1 unspecified atom stereocenters. The standard InChI is InChI=1S/C26H26F5N2O8PS/c27-25(28)42(35,36)41-21-9-7-18(8-10-21)17-23(33-43(37,38)22-5-2-1-3-6-22)24(34)32-15-4-16-39-19-11-13-20(14-12-19)40-26(29,30)31/h1-3,5-14,23,25,33H,4,15-17H2,(H,32,34)(H,35,36)/t23-/m0/s1. The minimum Gasteiger partial charge on any atom is -0.494 e. The lowest BCUT2D eigenvalue weighted by atomic mass is 10.1. The summed E-state index contributed by atoms with van der Waals surface area (Å²) in [6.45, 7) is 0.110. The first kappa shape index (κ1) is 33.8. The lowest BCUT2D eigenvalue weighted by Gasteiger charge is -2.19. The van der Waals surface area contributed by atoms with Crippen LogP contribution in [-0.4, -0.2) is 50.9 Å². The van der Waals surface area contributed by atoms with Gasteiger partial charge < -0.3 is 24.2 Å². The second kappa shape index (κ2) is 14.6. The Balaban J connectivity index is 1.61. The van der Waals surface area contributed by atoms with Gasteiger partial charge in [-0.05, 0) is 66.9 Å². The molecule has 10 nitrogen and oxygen atoms in total. The van der Waals surface area contributed by atoms with Crippen LogP contribution in [0.15, 0.2) is 83.8 Å². The summed E-state index contributed by atoms with van der Waals surface area (Å²) in [5.41, 5.74) is 0.370. The second-order valence-corrected chi connectivity index (χ2v) is 12.2. The van der Waals surface area contributed by atoms with Crippen LogP contribution >= 0.6 is 7.60 Å². The normalized spacial score (nSPS) is 14.0. The van der Waals surface area contributed by atoms with Crippen molar-refractivity contribution in [2.45, 2.75) is 36.3 Å². The molecule has 43 heavy (non-hydrogen) atoms. The van der Waals surface area contributed by atoms with Gasteiger partial charge in [-0.25, -0.2) is 13.0 Å². The van der Waals surface area contributed by atoms with Crippen molar-refractivity contribution in [3.05, 3.63) is 84.4 Å². The van der Waals surface area contributed by atoms with Crippen molar-refractivity contribution in [1.29, 1.82) is 0 Å². The van der Waals surface area contributed by atoms with E-state index in [1.807, 2.05) is 0 Å². The maximum atomic E-state index is 13.0. The number of carbonyl (C=O) groups is 1. The molecule has 0 aliphatic heterocycles. The lowest BCUT2D eigenvalue weighted by molar-refractivity contribution is -0.274. The second-order valence-electron chi connectivity index (χ2n) is 8.78. The Morgan fingerprint density at radius 1 is 0.907 bits per heavy atom. The molecule has 0 aromatic heterocycles. The molecule has 0 heterocycles. The third kappa shape index (κ3) is 11.1. The highest BCUT2D eigenvalue weighted by Crippen LogP contribution is 2.48. The van der Waals surface area contributed by atoms with Crippen LogP contribution in [0.1, 0.15) is 12.0 Å². The van der Waals surface area contributed by atoms with Gasteiger partial charge in [-0.2, -0.15) is 13.5 Å². The van der Waals surface area contributed by atoms with Crippen LogP contribution in [0.2, 0.25) is 0 Å². The number of rotatable bonds is 15. The molecule has 234 valence electrons. The molecular weight excluding hydrogens is 626 g/mol. The lowest BCUT2D eigenvalue weighted by Crippen LogP contribution is -2.48. The number of alkyl halides is 5. The van der Waals surface area contributed by atoms with Gasteiger partial charge in [0.15, 0.2) is 0 Å². The first-order chi connectivity index (χ1) is 20.1. The largest absolute Gasteiger partial charge is 0.573 e. The first-order valence-electron chi connectivity index (χ1n) is 12.4. The van der Waals surface area contributed by atoms with E-state index in [2.05, 4.69) is 19.3 Å². The summed E-state index contributed by atoms with van der Waals surface area (Å²) in [7, 11) is -9.35. The third-order valence-corrected chi connectivity index (χ3v) is 7.91. The average molecular weight is 653 g/mol. The third-order valence-electron chi connectivity index (χ3n) is 5.46. The van der Waals surface area contributed by atoms with Crippen LogP contribution in [0.3, 0.4) is 0 Å². The van der Waals surface area contributed by atoms with E-state index in [0.29, 0.717) is 5.56 Å². The number of hydrogen-bond acceptors (Lipinski definition) is 7. The minimum absolute atomic E-state index is 0.0455. The molecule has 0 spiro atoms. The van der Waals surface area contributed by atoms with Gasteiger partial charge in [0, 0.05) is 6.54 Å². The van der Waals surface area contributed by atoms with E-state index in [4.69, 9.17) is 4.74 Å². The number of nitrogens with one attached hydrogen (secondary N) is 2. The molecule has 3 aromatic carbocycles. The quantitative estimate of drug-likeness (QED) is 0.120. The van der Waals surface area contributed by atoms with Gasteiger partial charge in [0.2, 0.25) is 15.9 Å². The fourth-order valence-electron chi connectivity index (χ4n) is 3.49. The van der Waals surface area contributed by atoms with Crippen molar-refractivity contribution in [2.24, 2.45) is 0 Å². The number of carbonyl (C=O) groups excluding carboxylic acids is 1. The fraction of sp³-hybridized carbons (Fsp3) is 0.269. The fourth-order valence-corrected chi connectivity index (χ4v) is 5.21. The van der Waals surface area contributed by atoms with Gasteiger partial charge in [-0.15, -0.1) is 13.2 Å². The van der Waals surface area contributed by atoms with E-state index >= 15 is 0 Å². The molecular formula is C26H26F5N2O8PS. The smallest absolute Gasteiger partial charge is 0.494 e. The Hall–Kier alpha value is -3.72. The van der Waals surface area contributed by atoms with Gasteiger partial charge in [0.25, 0.3) is 0 Å². The summed E-state index contributed by atoms with van der Waals surface area (Å²) in [6.07, 6.45) is -8.38. The maximum absolute atomic E-state index is 13.0. The van der Waals surface area contributed by atoms with Crippen LogP contribution in [0.5, 0.6) is 17.2 Å².